The highest BCUT2D eigenvalue weighted by atomic mass is 19.4. The molecule has 2 aromatic rings. The number of carbonyl (C=O) groups is 1. The maximum atomic E-state index is 12.6. The Bertz CT molecular complexity index is 551. The van der Waals surface area contributed by atoms with Crippen LogP contribution in [0.15, 0.2) is 24.5 Å². The van der Waals surface area contributed by atoms with Gasteiger partial charge in [0.05, 0.1) is 11.1 Å². The SMILES string of the molecule is O=Cc1ncnc2c(C(F)(F)F)cccc12. The van der Waals surface area contributed by atoms with Crippen LogP contribution in [0, 0.1) is 0 Å². The zero-order chi connectivity index (χ0) is 11.8. The smallest absolute Gasteiger partial charge is 0.296 e. The molecule has 0 aliphatic heterocycles. The molecule has 2 rings (SSSR count). The van der Waals surface area contributed by atoms with E-state index < -0.39 is 11.7 Å². The molecule has 6 heteroatoms. The van der Waals surface area contributed by atoms with Crippen molar-refractivity contribution in [3.63, 3.8) is 0 Å². The van der Waals surface area contributed by atoms with E-state index in [9.17, 15) is 18.0 Å². The third-order valence-corrected chi connectivity index (χ3v) is 2.11. The lowest BCUT2D eigenvalue weighted by atomic mass is 10.1. The normalized spacial score (nSPS) is 11.7. The average molecular weight is 226 g/mol. The molecule has 0 unspecified atom stereocenters. The van der Waals surface area contributed by atoms with E-state index in [1.165, 1.54) is 12.1 Å². The minimum Gasteiger partial charge on any atom is -0.296 e. The molecule has 1 aromatic carbocycles. The van der Waals surface area contributed by atoms with Crippen molar-refractivity contribution in [3.05, 3.63) is 35.8 Å². The molecule has 0 saturated heterocycles. The first-order valence-corrected chi connectivity index (χ1v) is 4.30. The molecule has 1 heterocycles. The standard InChI is InChI=1S/C10H5F3N2O/c11-10(12,13)7-3-1-2-6-8(4-16)14-5-15-9(6)7/h1-5H. The van der Waals surface area contributed by atoms with Crippen molar-refractivity contribution in [3.8, 4) is 0 Å². The van der Waals surface area contributed by atoms with Crippen molar-refractivity contribution < 1.29 is 18.0 Å². The largest absolute Gasteiger partial charge is 0.418 e. The van der Waals surface area contributed by atoms with Crippen LogP contribution in [-0.2, 0) is 6.18 Å². The van der Waals surface area contributed by atoms with Crippen molar-refractivity contribution in [1.29, 1.82) is 0 Å². The molecule has 0 radical (unpaired) electrons. The Balaban J connectivity index is 2.84. The second-order valence-corrected chi connectivity index (χ2v) is 3.08. The van der Waals surface area contributed by atoms with E-state index in [0.29, 0.717) is 6.29 Å². The highest BCUT2D eigenvalue weighted by Gasteiger charge is 2.33. The van der Waals surface area contributed by atoms with Gasteiger partial charge in [-0.2, -0.15) is 13.2 Å². The number of nitrogens with zero attached hydrogens (tertiary/aromatic N) is 2. The van der Waals surface area contributed by atoms with E-state index in [1.807, 2.05) is 0 Å². The molecule has 0 aliphatic rings. The summed E-state index contributed by atoms with van der Waals surface area (Å²) in [6.07, 6.45) is -3.14. The number of fused-ring (bicyclic) bond motifs is 1. The third-order valence-electron chi connectivity index (χ3n) is 2.11. The number of aromatic nitrogens is 2. The minimum atomic E-state index is -4.49. The highest BCUT2D eigenvalue weighted by Crippen LogP contribution is 2.33. The van der Waals surface area contributed by atoms with E-state index in [4.69, 9.17) is 0 Å². The van der Waals surface area contributed by atoms with Gasteiger partial charge in [-0.25, -0.2) is 9.97 Å². The first-order chi connectivity index (χ1) is 7.54. The quantitative estimate of drug-likeness (QED) is 0.701. The number of halogens is 3. The summed E-state index contributed by atoms with van der Waals surface area (Å²) in [4.78, 5) is 17.8. The van der Waals surface area contributed by atoms with E-state index >= 15 is 0 Å². The molecule has 3 nitrogen and oxygen atoms in total. The Labute approximate surface area is 87.9 Å². The van der Waals surface area contributed by atoms with Gasteiger partial charge in [-0.15, -0.1) is 0 Å². The number of carbonyl (C=O) groups excluding carboxylic acids is 1. The Morgan fingerprint density at radius 1 is 1.19 bits per heavy atom. The van der Waals surface area contributed by atoms with Crippen molar-refractivity contribution in [1.82, 2.24) is 9.97 Å². The zero-order valence-electron chi connectivity index (χ0n) is 7.82. The number of rotatable bonds is 1. The van der Waals surface area contributed by atoms with Gasteiger partial charge in [0.2, 0.25) is 0 Å². The monoisotopic (exact) mass is 226 g/mol. The van der Waals surface area contributed by atoms with Crippen LogP contribution >= 0.6 is 0 Å². The van der Waals surface area contributed by atoms with Crippen LogP contribution in [0.2, 0.25) is 0 Å². The van der Waals surface area contributed by atoms with Gasteiger partial charge in [0.25, 0.3) is 0 Å². The summed E-state index contributed by atoms with van der Waals surface area (Å²) in [5, 5.41) is 0.104. The average Bonchev–Trinajstić information content (AvgIpc) is 2.26. The lowest BCUT2D eigenvalue weighted by Gasteiger charge is -2.09. The molecule has 0 bridgehead atoms. The number of alkyl halides is 3. The molecule has 0 atom stereocenters. The molecule has 0 spiro atoms. The van der Waals surface area contributed by atoms with E-state index in [-0.39, 0.29) is 16.6 Å². The molecular formula is C10H5F3N2O. The van der Waals surface area contributed by atoms with Crippen molar-refractivity contribution in [2.75, 3.05) is 0 Å². The van der Waals surface area contributed by atoms with Gasteiger partial charge >= 0.3 is 6.18 Å². The highest BCUT2D eigenvalue weighted by molar-refractivity contribution is 5.95. The fourth-order valence-corrected chi connectivity index (χ4v) is 1.43. The predicted molar refractivity (Wildman–Crippen MR) is 49.9 cm³/mol. The van der Waals surface area contributed by atoms with Gasteiger partial charge in [0.1, 0.15) is 12.0 Å². The fourth-order valence-electron chi connectivity index (χ4n) is 1.43. The second-order valence-electron chi connectivity index (χ2n) is 3.08. The van der Waals surface area contributed by atoms with E-state index in [0.717, 1.165) is 12.4 Å². The van der Waals surface area contributed by atoms with Crippen LogP contribution in [-0.4, -0.2) is 16.3 Å². The van der Waals surface area contributed by atoms with Gasteiger partial charge in [-0.3, -0.25) is 4.79 Å². The molecule has 0 fully saturated rings. The summed E-state index contributed by atoms with van der Waals surface area (Å²) in [7, 11) is 0. The maximum Gasteiger partial charge on any atom is 0.418 e. The van der Waals surface area contributed by atoms with Crippen LogP contribution in [0.1, 0.15) is 16.1 Å². The molecule has 0 aliphatic carbocycles. The van der Waals surface area contributed by atoms with Gasteiger partial charge < -0.3 is 0 Å². The van der Waals surface area contributed by atoms with Crippen LogP contribution in [0.25, 0.3) is 10.9 Å². The Kier molecular flexibility index (Phi) is 2.34. The van der Waals surface area contributed by atoms with Crippen molar-refractivity contribution in [2.45, 2.75) is 6.18 Å². The summed E-state index contributed by atoms with van der Waals surface area (Å²) < 4.78 is 37.8. The number of aldehydes is 1. The molecule has 16 heavy (non-hydrogen) atoms. The first-order valence-electron chi connectivity index (χ1n) is 4.30. The van der Waals surface area contributed by atoms with Gasteiger partial charge in [0.15, 0.2) is 6.29 Å². The van der Waals surface area contributed by atoms with Crippen LogP contribution in [0.3, 0.4) is 0 Å². The van der Waals surface area contributed by atoms with E-state index in [2.05, 4.69) is 9.97 Å². The van der Waals surface area contributed by atoms with Gasteiger partial charge in [0, 0.05) is 5.39 Å². The fraction of sp³-hybridized carbons (Fsp3) is 0.100. The summed E-state index contributed by atoms with van der Waals surface area (Å²) in [6.45, 7) is 0. The van der Waals surface area contributed by atoms with E-state index in [1.54, 1.807) is 0 Å². The molecule has 0 saturated carbocycles. The van der Waals surface area contributed by atoms with Gasteiger partial charge in [-0.1, -0.05) is 12.1 Å². The third kappa shape index (κ3) is 1.62. The zero-order valence-corrected chi connectivity index (χ0v) is 7.82. The Hall–Kier alpha value is -1.98. The molecule has 0 N–H and O–H groups in total. The van der Waals surface area contributed by atoms with Crippen LogP contribution in [0.4, 0.5) is 13.2 Å². The number of hydrogen-bond donors (Lipinski definition) is 0. The second kappa shape index (κ2) is 3.55. The number of para-hydroxylation sites is 1. The topological polar surface area (TPSA) is 42.9 Å². The lowest BCUT2D eigenvalue weighted by Crippen LogP contribution is -2.07. The Morgan fingerprint density at radius 2 is 1.94 bits per heavy atom. The maximum absolute atomic E-state index is 12.6. The predicted octanol–water partition coefficient (Wildman–Crippen LogP) is 2.46. The summed E-state index contributed by atoms with van der Waals surface area (Å²) in [5.41, 5.74) is -1.17. The molecular weight excluding hydrogens is 221 g/mol. The number of hydrogen-bond acceptors (Lipinski definition) is 3. The minimum absolute atomic E-state index is 0.0453. The van der Waals surface area contributed by atoms with Gasteiger partial charge in [-0.05, 0) is 6.07 Å². The first kappa shape index (κ1) is 10.5. The lowest BCUT2D eigenvalue weighted by molar-refractivity contribution is -0.136. The molecule has 82 valence electrons. The number of benzene rings is 1. The molecule has 0 amide bonds. The Morgan fingerprint density at radius 3 is 2.56 bits per heavy atom. The van der Waals surface area contributed by atoms with Crippen LogP contribution < -0.4 is 0 Å². The molecule has 1 aromatic heterocycles. The van der Waals surface area contributed by atoms with Crippen molar-refractivity contribution in [2.24, 2.45) is 0 Å². The summed E-state index contributed by atoms with van der Waals surface area (Å²) in [6, 6.07) is 3.53. The van der Waals surface area contributed by atoms with Crippen LogP contribution in [0.5, 0.6) is 0 Å². The summed E-state index contributed by atoms with van der Waals surface area (Å²) in [5.74, 6) is 0. The van der Waals surface area contributed by atoms with Crippen molar-refractivity contribution >= 4 is 17.2 Å². The summed E-state index contributed by atoms with van der Waals surface area (Å²) >= 11 is 0.